The highest BCUT2D eigenvalue weighted by Gasteiger charge is 2.31. The van der Waals surface area contributed by atoms with Crippen molar-refractivity contribution in [1.82, 2.24) is 15.0 Å². The number of aliphatic hydroxyl groups is 1. The van der Waals surface area contributed by atoms with Gasteiger partial charge in [0.2, 0.25) is 0 Å². The van der Waals surface area contributed by atoms with Crippen molar-refractivity contribution in [2.24, 2.45) is 11.3 Å². The quantitative estimate of drug-likeness (QED) is 0.230. The second-order valence-corrected chi connectivity index (χ2v) is 9.81. The van der Waals surface area contributed by atoms with Crippen molar-refractivity contribution in [3.63, 3.8) is 0 Å². The molecular weight excluding hydrogens is 398 g/mol. The van der Waals surface area contributed by atoms with Crippen LogP contribution in [0.25, 0.3) is 5.70 Å². The Kier molecular flexibility index (Phi) is 10.5. The van der Waals surface area contributed by atoms with Crippen molar-refractivity contribution in [3.05, 3.63) is 71.3 Å². The lowest BCUT2D eigenvalue weighted by molar-refractivity contribution is 0.110. The van der Waals surface area contributed by atoms with Crippen LogP contribution in [0.2, 0.25) is 0 Å². The molecule has 6 heteroatoms. The van der Waals surface area contributed by atoms with E-state index >= 15 is 0 Å². The van der Waals surface area contributed by atoms with Crippen molar-refractivity contribution in [2.75, 3.05) is 0 Å². The number of thiol groups is 1. The van der Waals surface area contributed by atoms with Gasteiger partial charge in [-0.15, -0.1) is 12.6 Å². The van der Waals surface area contributed by atoms with Gasteiger partial charge < -0.3 is 5.11 Å². The number of allylic oxidation sites excluding steroid dienone is 5. The summed E-state index contributed by atoms with van der Waals surface area (Å²) in [5, 5.41) is 19.6. The lowest BCUT2D eigenvalue weighted by atomic mass is 9.76. The Labute approximate surface area is 185 Å². The first kappa shape index (κ1) is 25.3. The van der Waals surface area contributed by atoms with Crippen LogP contribution in [0.3, 0.4) is 0 Å². The fourth-order valence-corrected chi connectivity index (χ4v) is 3.43. The molecule has 1 heterocycles. The molecule has 0 fully saturated rings. The number of aromatic nitrogens is 3. The van der Waals surface area contributed by atoms with E-state index in [1.54, 1.807) is 24.2 Å². The fourth-order valence-electron chi connectivity index (χ4n) is 2.57. The molecule has 0 aliphatic heterocycles. The lowest BCUT2D eigenvalue weighted by Gasteiger charge is -2.32. The average molecular weight is 432 g/mol. The molecule has 2 unspecified atom stereocenters. The second kappa shape index (κ2) is 12.1. The first-order valence-corrected chi connectivity index (χ1v) is 10.8. The highest BCUT2D eigenvalue weighted by atomic mass is 32.2. The Morgan fingerprint density at radius 1 is 1.21 bits per heavy atom. The van der Waals surface area contributed by atoms with Crippen molar-refractivity contribution in [2.45, 2.75) is 52.5 Å². The zero-order valence-electron chi connectivity index (χ0n) is 18.2. The van der Waals surface area contributed by atoms with E-state index in [9.17, 15) is 5.11 Å². The maximum atomic E-state index is 10.9. The topological polar surface area (TPSA) is 50.9 Å². The smallest absolute Gasteiger partial charge is 0.104 e. The molecule has 0 saturated heterocycles. The summed E-state index contributed by atoms with van der Waals surface area (Å²) in [5.74, 6) is -0.105. The molecule has 158 valence electrons. The van der Waals surface area contributed by atoms with Gasteiger partial charge >= 0.3 is 0 Å². The molecule has 0 aliphatic carbocycles. The van der Waals surface area contributed by atoms with Gasteiger partial charge in [0.1, 0.15) is 6.10 Å². The summed E-state index contributed by atoms with van der Waals surface area (Å²) in [6, 6.07) is 5.72. The zero-order valence-corrected chi connectivity index (χ0v) is 19.9. The summed E-state index contributed by atoms with van der Waals surface area (Å²) in [6.07, 6.45) is 10.5. The Balaban J connectivity index is 3.15. The monoisotopic (exact) mass is 431 g/mol. The number of rotatable bonds is 7. The van der Waals surface area contributed by atoms with Gasteiger partial charge in [0, 0.05) is 17.0 Å². The minimum Gasteiger partial charge on any atom is -0.386 e. The molecule has 1 aromatic heterocycles. The second-order valence-electron chi connectivity index (χ2n) is 7.79. The van der Waals surface area contributed by atoms with E-state index < -0.39 is 6.10 Å². The number of nitrogens with zero attached hydrogens (tertiary/aromatic N) is 3. The number of hydrogen-bond acceptors (Lipinski definition) is 5. The molecule has 0 saturated carbocycles. The Morgan fingerprint density at radius 3 is 2.45 bits per heavy atom. The van der Waals surface area contributed by atoms with E-state index in [0.717, 1.165) is 14.7 Å². The Hall–Kier alpha value is -1.76. The zero-order chi connectivity index (χ0) is 22.0. The lowest BCUT2D eigenvalue weighted by Crippen LogP contribution is -2.33. The molecular formula is C23H33N3OS2. The van der Waals surface area contributed by atoms with Gasteiger partial charge in [0.15, 0.2) is 0 Å². The summed E-state index contributed by atoms with van der Waals surface area (Å²) >= 11 is 5.91. The first-order chi connectivity index (χ1) is 13.6. The van der Waals surface area contributed by atoms with Crippen LogP contribution in [0, 0.1) is 11.3 Å². The van der Waals surface area contributed by atoms with E-state index in [4.69, 9.17) is 0 Å². The van der Waals surface area contributed by atoms with E-state index in [2.05, 4.69) is 50.2 Å². The van der Waals surface area contributed by atoms with Crippen LogP contribution in [0.1, 0.15) is 41.5 Å². The van der Waals surface area contributed by atoms with E-state index in [-0.39, 0.29) is 11.3 Å². The first-order valence-electron chi connectivity index (χ1n) is 9.53. The Morgan fingerprint density at radius 2 is 1.86 bits per heavy atom. The van der Waals surface area contributed by atoms with E-state index in [0.29, 0.717) is 5.70 Å². The Bertz CT molecular complexity index is 827. The molecule has 0 aromatic carbocycles. The SMILES string of the molecule is C=C(C(O)C(/C=C/C)C(C)(C)C)n1ncccc(S/C(C)=C/C=C(\C)S)ccn1. The highest BCUT2D eigenvalue weighted by Crippen LogP contribution is 2.33. The molecule has 2 atom stereocenters. The number of aliphatic hydroxyl groups excluding tert-OH is 1. The number of hydrogen-bond donors (Lipinski definition) is 2. The van der Waals surface area contributed by atoms with Crippen LogP contribution < -0.4 is 0 Å². The minimum atomic E-state index is -0.801. The molecule has 0 radical (unpaired) electrons. The molecule has 1 rings (SSSR count). The standard InChI is InChI=1S/C23H33N3OS2/c1-8-10-21(23(5,6)7)22(27)19(4)26-24-15-9-11-20(14-16-25-26)29-18(3)13-12-17(2)28/h8-16,21-22,27-28H,4H2,1-3,5-7H3/b10-8+,11-9?,17-12+,18-13+,20-14?,24-15?,25-16?. The van der Waals surface area contributed by atoms with Gasteiger partial charge in [-0.2, -0.15) is 15.0 Å². The molecule has 1 aromatic rings. The van der Waals surface area contributed by atoms with Crippen LogP contribution in [-0.4, -0.2) is 26.2 Å². The van der Waals surface area contributed by atoms with Gasteiger partial charge in [0.25, 0.3) is 0 Å². The van der Waals surface area contributed by atoms with Gasteiger partial charge in [-0.3, -0.25) is 0 Å². The molecule has 0 spiro atoms. The summed E-state index contributed by atoms with van der Waals surface area (Å²) in [5.41, 5.74) is 0.300. The fraction of sp³-hybridized carbons (Fsp3) is 0.391. The van der Waals surface area contributed by atoms with Crippen molar-refractivity contribution < 1.29 is 5.11 Å². The van der Waals surface area contributed by atoms with Crippen LogP contribution in [-0.2, 0) is 0 Å². The molecule has 1 N–H and O–H groups in total. The van der Waals surface area contributed by atoms with E-state index in [1.165, 1.54) is 4.80 Å². The summed E-state index contributed by atoms with van der Waals surface area (Å²) in [7, 11) is 0. The predicted octanol–water partition coefficient (Wildman–Crippen LogP) is 6.30. The maximum Gasteiger partial charge on any atom is 0.104 e. The largest absolute Gasteiger partial charge is 0.386 e. The van der Waals surface area contributed by atoms with Crippen molar-refractivity contribution in [3.8, 4) is 0 Å². The van der Waals surface area contributed by atoms with Crippen LogP contribution in [0.4, 0.5) is 0 Å². The summed E-state index contributed by atoms with van der Waals surface area (Å²) in [6.45, 7) is 16.3. The van der Waals surface area contributed by atoms with Gasteiger partial charge in [-0.05, 0) is 54.2 Å². The third-order valence-electron chi connectivity index (χ3n) is 4.11. The summed E-state index contributed by atoms with van der Waals surface area (Å²) < 4.78 is 0. The molecule has 29 heavy (non-hydrogen) atoms. The molecule has 4 nitrogen and oxygen atoms in total. The molecule has 0 aliphatic rings. The molecule has 0 amide bonds. The van der Waals surface area contributed by atoms with Gasteiger partial charge in [0.05, 0.1) is 11.9 Å². The minimum absolute atomic E-state index is 0.105. The number of thioether (sulfide) groups is 1. The summed E-state index contributed by atoms with van der Waals surface area (Å²) in [4.78, 5) is 4.50. The van der Waals surface area contributed by atoms with Crippen molar-refractivity contribution >= 4 is 30.1 Å². The van der Waals surface area contributed by atoms with E-state index in [1.807, 2.05) is 63.3 Å². The van der Waals surface area contributed by atoms with Crippen LogP contribution in [0.5, 0.6) is 0 Å². The van der Waals surface area contributed by atoms with Gasteiger partial charge in [-0.1, -0.05) is 63.4 Å². The maximum absolute atomic E-state index is 10.9. The molecule has 0 bridgehead atoms. The van der Waals surface area contributed by atoms with Crippen LogP contribution >= 0.6 is 24.4 Å². The predicted molar refractivity (Wildman–Crippen MR) is 129 cm³/mol. The average Bonchev–Trinajstić information content (AvgIpc) is 2.74. The third-order valence-corrected chi connectivity index (χ3v) is 5.23. The van der Waals surface area contributed by atoms with Gasteiger partial charge in [-0.25, -0.2) is 0 Å². The highest BCUT2D eigenvalue weighted by molar-refractivity contribution is 8.03. The normalized spacial score (nSPS) is 15.2. The van der Waals surface area contributed by atoms with Crippen LogP contribution in [0.15, 0.2) is 76.2 Å². The third kappa shape index (κ3) is 9.07. The van der Waals surface area contributed by atoms with Crippen molar-refractivity contribution in [1.29, 1.82) is 0 Å².